The molecule has 1 aromatic heterocycles. The van der Waals surface area contributed by atoms with Gasteiger partial charge in [0.05, 0.1) is 30.7 Å². The molecule has 0 unspecified atom stereocenters. The SMILES string of the molecule is CCOC(=O)N=c1n(CC(=O)c2ccccc2)c2ccccc2n1Cc1ccccc1. The Morgan fingerprint density at radius 1 is 0.806 bits per heavy atom. The molecule has 4 rings (SSSR count). The van der Waals surface area contributed by atoms with Gasteiger partial charge >= 0.3 is 6.09 Å². The van der Waals surface area contributed by atoms with Crippen molar-refractivity contribution in [2.75, 3.05) is 6.61 Å². The molecule has 0 saturated carbocycles. The van der Waals surface area contributed by atoms with Gasteiger partial charge in [0.25, 0.3) is 0 Å². The number of carbonyl (C=O) groups excluding carboxylic acids is 2. The van der Waals surface area contributed by atoms with Gasteiger partial charge < -0.3 is 13.9 Å². The maximum atomic E-state index is 13.0. The number of fused-ring (bicyclic) bond motifs is 1. The lowest BCUT2D eigenvalue weighted by Crippen LogP contribution is -2.30. The average molecular weight is 413 g/mol. The first-order chi connectivity index (χ1) is 15.2. The number of ketones is 1. The number of imidazole rings is 1. The number of hydrogen-bond acceptors (Lipinski definition) is 3. The van der Waals surface area contributed by atoms with Gasteiger partial charge in [-0.05, 0) is 24.6 Å². The van der Waals surface area contributed by atoms with Gasteiger partial charge in [-0.25, -0.2) is 4.79 Å². The molecule has 31 heavy (non-hydrogen) atoms. The quantitative estimate of drug-likeness (QED) is 0.439. The van der Waals surface area contributed by atoms with E-state index in [1.807, 2.05) is 77.4 Å². The van der Waals surface area contributed by atoms with Crippen molar-refractivity contribution in [3.05, 3.63) is 102 Å². The topological polar surface area (TPSA) is 65.6 Å². The van der Waals surface area contributed by atoms with Gasteiger partial charge in [-0.2, -0.15) is 0 Å². The molecule has 156 valence electrons. The summed E-state index contributed by atoms with van der Waals surface area (Å²) < 4.78 is 8.80. The van der Waals surface area contributed by atoms with Crippen LogP contribution in [0.25, 0.3) is 11.0 Å². The minimum atomic E-state index is -0.680. The molecule has 1 amide bonds. The molecule has 4 aromatic rings. The summed E-state index contributed by atoms with van der Waals surface area (Å²) in [6, 6.07) is 26.8. The van der Waals surface area contributed by atoms with E-state index in [9.17, 15) is 9.59 Å². The zero-order valence-corrected chi connectivity index (χ0v) is 17.3. The minimum Gasteiger partial charge on any atom is -0.448 e. The Hall–Kier alpha value is -3.93. The molecule has 0 aliphatic carbocycles. The molecule has 0 spiro atoms. The summed E-state index contributed by atoms with van der Waals surface area (Å²) in [5.74, 6) is -0.0616. The number of amides is 1. The van der Waals surface area contributed by atoms with Crippen LogP contribution in [0.2, 0.25) is 0 Å². The third-order valence-corrected chi connectivity index (χ3v) is 4.99. The Morgan fingerprint density at radius 2 is 1.39 bits per heavy atom. The van der Waals surface area contributed by atoms with Gasteiger partial charge in [-0.3, -0.25) is 4.79 Å². The maximum Gasteiger partial charge on any atom is 0.436 e. The van der Waals surface area contributed by atoms with Gasteiger partial charge in [0, 0.05) is 5.56 Å². The van der Waals surface area contributed by atoms with Crippen molar-refractivity contribution in [3.8, 4) is 0 Å². The van der Waals surface area contributed by atoms with Crippen LogP contribution >= 0.6 is 0 Å². The lowest BCUT2D eigenvalue weighted by Gasteiger charge is -2.07. The molecular weight excluding hydrogens is 390 g/mol. The standard InChI is InChI=1S/C25H23N3O3/c1-2-31-25(30)26-24-27(17-19-11-5-3-6-12-19)21-15-9-10-16-22(21)28(24)18-23(29)20-13-7-4-8-14-20/h3-16H,2,17-18H2,1H3. The summed E-state index contributed by atoms with van der Waals surface area (Å²) in [6.45, 7) is 2.53. The van der Waals surface area contributed by atoms with Crippen LogP contribution in [-0.4, -0.2) is 27.6 Å². The van der Waals surface area contributed by atoms with Crippen molar-refractivity contribution < 1.29 is 14.3 Å². The van der Waals surface area contributed by atoms with Crippen molar-refractivity contribution in [1.82, 2.24) is 9.13 Å². The largest absolute Gasteiger partial charge is 0.448 e. The predicted octanol–water partition coefficient (Wildman–Crippen LogP) is 4.43. The second-order valence-corrected chi connectivity index (χ2v) is 7.05. The smallest absolute Gasteiger partial charge is 0.436 e. The monoisotopic (exact) mass is 413 g/mol. The third-order valence-electron chi connectivity index (χ3n) is 4.99. The zero-order chi connectivity index (χ0) is 21.6. The Morgan fingerprint density at radius 3 is 2.03 bits per heavy atom. The lowest BCUT2D eigenvalue weighted by molar-refractivity contribution is 0.0971. The van der Waals surface area contributed by atoms with E-state index in [1.165, 1.54) is 0 Å². The number of carbonyl (C=O) groups is 2. The first kappa shape index (κ1) is 20.3. The molecule has 6 nitrogen and oxygen atoms in total. The van der Waals surface area contributed by atoms with E-state index in [1.54, 1.807) is 23.6 Å². The number of rotatable bonds is 6. The van der Waals surface area contributed by atoms with Crippen LogP contribution in [0.1, 0.15) is 22.8 Å². The number of Topliss-reactive ketones (excluding diaryl/α,β-unsaturated/α-hetero) is 1. The van der Waals surface area contributed by atoms with Gasteiger partial charge in [-0.1, -0.05) is 72.8 Å². The Balaban J connectivity index is 1.89. The Kier molecular flexibility index (Phi) is 6.08. The lowest BCUT2D eigenvalue weighted by atomic mass is 10.1. The van der Waals surface area contributed by atoms with Crippen LogP contribution < -0.4 is 5.62 Å². The maximum absolute atomic E-state index is 13.0. The highest BCUT2D eigenvalue weighted by atomic mass is 16.5. The zero-order valence-electron chi connectivity index (χ0n) is 17.3. The van der Waals surface area contributed by atoms with Crippen molar-refractivity contribution >= 4 is 22.9 Å². The summed E-state index contributed by atoms with van der Waals surface area (Å²) in [7, 11) is 0. The van der Waals surface area contributed by atoms with E-state index in [2.05, 4.69) is 4.99 Å². The van der Waals surface area contributed by atoms with E-state index < -0.39 is 6.09 Å². The van der Waals surface area contributed by atoms with E-state index in [0.717, 1.165) is 16.6 Å². The normalized spacial score (nSPS) is 11.6. The Labute approximate surface area is 180 Å². The summed E-state index contributed by atoms with van der Waals surface area (Å²) in [5, 5.41) is 0. The average Bonchev–Trinajstić information content (AvgIpc) is 3.07. The van der Waals surface area contributed by atoms with Crippen LogP contribution in [0.3, 0.4) is 0 Å². The van der Waals surface area contributed by atoms with E-state index >= 15 is 0 Å². The van der Waals surface area contributed by atoms with Crippen LogP contribution in [0.4, 0.5) is 4.79 Å². The first-order valence-electron chi connectivity index (χ1n) is 10.2. The van der Waals surface area contributed by atoms with Crippen molar-refractivity contribution in [1.29, 1.82) is 0 Å². The van der Waals surface area contributed by atoms with Crippen molar-refractivity contribution in [3.63, 3.8) is 0 Å². The number of aromatic nitrogens is 2. The molecule has 0 aliphatic rings. The van der Waals surface area contributed by atoms with Crippen molar-refractivity contribution in [2.24, 2.45) is 4.99 Å². The number of benzene rings is 3. The van der Waals surface area contributed by atoms with Gasteiger partial charge in [0.1, 0.15) is 0 Å². The van der Waals surface area contributed by atoms with Gasteiger partial charge in [0.2, 0.25) is 5.62 Å². The van der Waals surface area contributed by atoms with Crippen LogP contribution in [0, 0.1) is 0 Å². The molecule has 0 N–H and O–H groups in total. The second-order valence-electron chi connectivity index (χ2n) is 7.05. The molecule has 0 saturated heterocycles. The predicted molar refractivity (Wildman–Crippen MR) is 119 cm³/mol. The fraction of sp³-hybridized carbons (Fsp3) is 0.160. The molecule has 3 aromatic carbocycles. The highest BCUT2D eigenvalue weighted by Gasteiger charge is 2.17. The Bertz CT molecular complexity index is 1270. The summed E-state index contributed by atoms with van der Waals surface area (Å²) in [6.07, 6.45) is -0.680. The van der Waals surface area contributed by atoms with E-state index in [4.69, 9.17) is 4.74 Å². The number of para-hydroxylation sites is 2. The summed E-state index contributed by atoms with van der Waals surface area (Å²) >= 11 is 0. The molecular formula is C25H23N3O3. The number of ether oxygens (including phenoxy) is 1. The fourth-order valence-electron chi connectivity index (χ4n) is 3.58. The molecule has 0 radical (unpaired) electrons. The summed E-state index contributed by atoms with van der Waals surface area (Å²) in [4.78, 5) is 29.5. The molecule has 0 bridgehead atoms. The number of hydrogen-bond donors (Lipinski definition) is 0. The molecule has 1 heterocycles. The van der Waals surface area contributed by atoms with E-state index in [0.29, 0.717) is 17.7 Å². The van der Waals surface area contributed by atoms with E-state index in [-0.39, 0.29) is 18.9 Å². The van der Waals surface area contributed by atoms with Crippen molar-refractivity contribution in [2.45, 2.75) is 20.0 Å². The van der Waals surface area contributed by atoms with Crippen LogP contribution in [-0.2, 0) is 17.8 Å². The van der Waals surface area contributed by atoms with Gasteiger partial charge in [0.15, 0.2) is 5.78 Å². The van der Waals surface area contributed by atoms with Crippen LogP contribution in [0.5, 0.6) is 0 Å². The molecule has 0 aliphatic heterocycles. The molecule has 0 fully saturated rings. The third kappa shape index (κ3) is 4.48. The highest BCUT2D eigenvalue weighted by Crippen LogP contribution is 2.16. The van der Waals surface area contributed by atoms with Gasteiger partial charge in [-0.15, -0.1) is 4.99 Å². The molecule has 6 heteroatoms. The summed E-state index contributed by atoms with van der Waals surface area (Å²) in [5.41, 5.74) is 3.76. The fourth-order valence-corrected chi connectivity index (χ4v) is 3.58. The first-order valence-corrected chi connectivity index (χ1v) is 10.2. The number of nitrogens with zero attached hydrogens (tertiary/aromatic N) is 3. The van der Waals surface area contributed by atoms with Crippen LogP contribution in [0.15, 0.2) is 89.9 Å². The second kappa shape index (κ2) is 9.26. The minimum absolute atomic E-state index is 0.0601. The highest BCUT2D eigenvalue weighted by molar-refractivity contribution is 5.96. The molecule has 0 atom stereocenters.